The Morgan fingerprint density at radius 3 is 2.50 bits per heavy atom. The molecule has 0 aliphatic carbocycles. The van der Waals surface area contributed by atoms with Crippen molar-refractivity contribution in [1.82, 2.24) is 4.90 Å². The van der Waals surface area contributed by atoms with Crippen LogP contribution in [0, 0.1) is 0 Å². The minimum atomic E-state index is -1.20. The van der Waals surface area contributed by atoms with E-state index >= 15 is 0 Å². The summed E-state index contributed by atoms with van der Waals surface area (Å²) in [6.45, 7) is 1.28. The van der Waals surface area contributed by atoms with Gasteiger partial charge in [-0.2, -0.15) is 0 Å². The van der Waals surface area contributed by atoms with Crippen molar-refractivity contribution in [2.75, 3.05) is 11.6 Å². The molecule has 1 aliphatic heterocycles. The van der Waals surface area contributed by atoms with Crippen LogP contribution >= 0.6 is 0 Å². The van der Waals surface area contributed by atoms with Crippen molar-refractivity contribution < 1.29 is 18.9 Å². The van der Waals surface area contributed by atoms with E-state index in [1.165, 1.54) is 6.92 Å². The number of carbonyl (C=O) groups excluding carboxylic acids is 1. The molecule has 0 saturated carbocycles. The maximum absolute atomic E-state index is 10.9. The Morgan fingerprint density at radius 2 is 2.17 bits per heavy atom. The Labute approximate surface area is 71.8 Å². The quantitative estimate of drug-likeness (QED) is 0.577. The first kappa shape index (κ1) is 9.18. The number of amides is 1. The average Bonchev–Trinajstić information content (AvgIpc) is 2.31. The van der Waals surface area contributed by atoms with Crippen LogP contribution in [0.4, 0.5) is 0 Å². The first-order valence-electron chi connectivity index (χ1n) is 3.37. The topological polar surface area (TPSA) is 74.7 Å². The molecule has 68 valence electrons. The average molecular weight is 191 g/mol. The van der Waals surface area contributed by atoms with E-state index in [9.17, 15) is 13.8 Å². The predicted molar refractivity (Wildman–Crippen MR) is 41.8 cm³/mol. The second-order valence-corrected chi connectivity index (χ2v) is 4.05. The second-order valence-electron chi connectivity index (χ2n) is 2.58. The van der Waals surface area contributed by atoms with E-state index in [2.05, 4.69) is 0 Å². The van der Waals surface area contributed by atoms with Crippen LogP contribution in [-0.4, -0.2) is 43.8 Å². The molecule has 1 amide bonds. The third-order valence-electron chi connectivity index (χ3n) is 1.69. The van der Waals surface area contributed by atoms with Crippen LogP contribution in [0.5, 0.6) is 0 Å². The zero-order valence-electron chi connectivity index (χ0n) is 6.52. The Bertz CT molecular complexity index is 228. The fourth-order valence-corrected chi connectivity index (χ4v) is 2.53. The van der Waals surface area contributed by atoms with Gasteiger partial charge >= 0.3 is 5.97 Å². The van der Waals surface area contributed by atoms with Crippen molar-refractivity contribution in [3.05, 3.63) is 0 Å². The summed E-state index contributed by atoms with van der Waals surface area (Å²) in [5.74, 6) is -1.33. The summed E-state index contributed by atoms with van der Waals surface area (Å²) in [4.78, 5) is 22.5. The SMILES string of the molecule is CC(=O)N1CS(=O)CC1C(=O)O. The van der Waals surface area contributed by atoms with Gasteiger partial charge in [0.15, 0.2) is 0 Å². The van der Waals surface area contributed by atoms with Crippen LogP contribution in [0.1, 0.15) is 6.92 Å². The Hall–Kier alpha value is -0.910. The summed E-state index contributed by atoms with van der Waals surface area (Å²) in [5, 5.41) is 8.62. The second kappa shape index (κ2) is 3.22. The fourth-order valence-electron chi connectivity index (χ4n) is 1.08. The molecule has 12 heavy (non-hydrogen) atoms. The molecule has 6 heteroatoms. The number of rotatable bonds is 1. The molecule has 2 unspecified atom stereocenters. The molecule has 1 N–H and O–H groups in total. The lowest BCUT2D eigenvalue weighted by atomic mass is 10.3. The highest BCUT2D eigenvalue weighted by molar-refractivity contribution is 7.85. The maximum Gasteiger partial charge on any atom is 0.327 e. The van der Waals surface area contributed by atoms with Crippen molar-refractivity contribution in [2.45, 2.75) is 13.0 Å². The van der Waals surface area contributed by atoms with Crippen molar-refractivity contribution in [3.8, 4) is 0 Å². The van der Waals surface area contributed by atoms with Gasteiger partial charge < -0.3 is 10.0 Å². The number of hydrogen-bond donors (Lipinski definition) is 1. The van der Waals surface area contributed by atoms with E-state index < -0.39 is 22.8 Å². The summed E-state index contributed by atoms with van der Waals surface area (Å²) in [7, 11) is -1.20. The molecule has 2 atom stereocenters. The highest BCUT2D eigenvalue weighted by Crippen LogP contribution is 2.12. The lowest BCUT2D eigenvalue weighted by molar-refractivity contribution is -0.146. The molecule has 1 saturated heterocycles. The summed E-state index contributed by atoms with van der Waals surface area (Å²) < 4.78 is 10.9. The van der Waals surface area contributed by atoms with Crippen LogP contribution in [0.2, 0.25) is 0 Å². The lowest BCUT2D eigenvalue weighted by Gasteiger charge is -2.17. The van der Waals surface area contributed by atoms with Gasteiger partial charge in [-0.15, -0.1) is 0 Å². The first-order valence-corrected chi connectivity index (χ1v) is 4.86. The molecule has 1 rings (SSSR count). The number of carbonyl (C=O) groups is 2. The summed E-state index contributed by atoms with van der Waals surface area (Å²) in [6, 6.07) is -0.900. The Kier molecular flexibility index (Phi) is 2.46. The van der Waals surface area contributed by atoms with Gasteiger partial charge in [0.05, 0.1) is 11.6 Å². The van der Waals surface area contributed by atoms with E-state index in [0.29, 0.717) is 0 Å². The molecule has 0 radical (unpaired) electrons. The van der Waals surface area contributed by atoms with Gasteiger partial charge in [0.1, 0.15) is 6.04 Å². The molecule has 0 aromatic rings. The molecule has 1 aliphatic rings. The van der Waals surface area contributed by atoms with Gasteiger partial charge in [-0.05, 0) is 0 Å². The third kappa shape index (κ3) is 1.63. The molecule has 1 fully saturated rings. The molecular formula is C6H9NO4S. The number of nitrogens with zero attached hydrogens (tertiary/aromatic N) is 1. The van der Waals surface area contributed by atoms with E-state index in [4.69, 9.17) is 5.11 Å². The first-order chi connectivity index (χ1) is 5.52. The van der Waals surface area contributed by atoms with Gasteiger partial charge in [0.2, 0.25) is 5.91 Å². The van der Waals surface area contributed by atoms with Crippen molar-refractivity contribution >= 4 is 22.7 Å². The number of aliphatic carboxylic acids is 1. The van der Waals surface area contributed by atoms with Crippen LogP contribution < -0.4 is 0 Å². The minimum Gasteiger partial charge on any atom is -0.480 e. The van der Waals surface area contributed by atoms with Crippen LogP contribution in [0.3, 0.4) is 0 Å². The lowest BCUT2D eigenvalue weighted by Crippen LogP contribution is -2.40. The van der Waals surface area contributed by atoms with Crippen molar-refractivity contribution in [3.63, 3.8) is 0 Å². The number of carboxylic acid groups (broad SMARTS) is 1. The number of hydrogen-bond acceptors (Lipinski definition) is 3. The maximum atomic E-state index is 10.9. The summed E-state index contributed by atoms with van der Waals surface area (Å²) >= 11 is 0. The molecule has 5 nitrogen and oxygen atoms in total. The van der Waals surface area contributed by atoms with Crippen molar-refractivity contribution in [1.29, 1.82) is 0 Å². The standard InChI is InChI=1S/C6H9NO4S/c1-4(8)7-3-12(11)2-5(7)6(9)10/h5H,2-3H2,1H3,(H,9,10). The van der Waals surface area contributed by atoms with Gasteiger partial charge in [-0.25, -0.2) is 4.79 Å². The van der Waals surface area contributed by atoms with E-state index in [-0.39, 0.29) is 17.5 Å². The number of carboxylic acids is 1. The van der Waals surface area contributed by atoms with E-state index in [1.54, 1.807) is 0 Å². The zero-order chi connectivity index (χ0) is 9.30. The fraction of sp³-hybridized carbons (Fsp3) is 0.667. The Balaban J connectivity index is 2.79. The molecule has 0 aromatic carbocycles. The highest BCUT2D eigenvalue weighted by atomic mass is 32.2. The van der Waals surface area contributed by atoms with Gasteiger partial charge in [-0.1, -0.05) is 0 Å². The third-order valence-corrected chi connectivity index (χ3v) is 2.95. The monoisotopic (exact) mass is 191 g/mol. The highest BCUT2D eigenvalue weighted by Gasteiger charge is 2.36. The van der Waals surface area contributed by atoms with Crippen LogP contribution in [0.15, 0.2) is 0 Å². The minimum absolute atomic E-state index is 0.0479. The predicted octanol–water partition coefficient (Wildman–Crippen LogP) is -0.992. The largest absolute Gasteiger partial charge is 0.480 e. The van der Waals surface area contributed by atoms with Gasteiger partial charge in [0, 0.05) is 17.7 Å². The smallest absolute Gasteiger partial charge is 0.327 e. The van der Waals surface area contributed by atoms with Crippen LogP contribution in [0.25, 0.3) is 0 Å². The molecule has 0 bridgehead atoms. The Morgan fingerprint density at radius 1 is 1.58 bits per heavy atom. The molecule has 0 aromatic heterocycles. The van der Waals surface area contributed by atoms with E-state index in [1.807, 2.05) is 0 Å². The molecule has 0 spiro atoms. The molecular weight excluding hydrogens is 182 g/mol. The normalized spacial score (nSPS) is 28.9. The summed E-state index contributed by atoms with van der Waals surface area (Å²) in [6.07, 6.45) is 0. The van der Waals surface area contributed by atoms with Gasteiger partial charge in [-0.3, -0.25) is 9.00 Å². The summed E-state index contributed by atoms with van der Waals surface area (Å²) in [5.41, 5.74) is 0. The van der Waals surface area contributed by atoms with Crippen LogP contribution in [-0.2, 0) is 20.4 Å². The molecule has 1 heterocycles. The van der Waals surface area contributed by atoms with Gasteiger partial charge in [0.25, 0.3) is 0 Å². The van der Waals surface area contributed by atoms with Crippen molar-refractivity contribution in [2.24, 2.45) is 0 Å². The zero-order valence-corrected chi connectivity index (χ0v) is 7.34. The van der Waals surface area contributed by atoms with E-state index in [0.717, 1.165) is 4.90 Å².